The standard InChI is InChI=1S/C24H22N2O2/c1-18-17-24(2,23(27)26(18)25-20-9-5-3-6-10-20)19-13-15-22(16-14-19)28-21-11-7-4-8-12-21/h3-16,25H,1,17H2,2H3. The van der Waals surface area contributed by atoms with Gasteiger partial charge < -0.3 is 4.74 Å². The van der Waals surface area contributed by atoms with Crippen LogP contribution < -0.4 is 10.2 Å². The number of anilines is 1. The lowest BCUT2D eigenvalue weighted by molar-refractivity contribution is -0.130. The molecule has 1 heterocycles. The monoisotopic (exact) mass is 370 g/mol. The molecule has 4 nitrogen and oxygen atoms in total. The van der Waals surface area contributed by atoms with Gasteiger partial charge in [0, 0.05) is 12.1 Å². The van der Waals surface area contributed by atoms with E-state index in [1.165, 1.54) is 0 Å². The first-order chi connectivity index (χ1) is 13.6. The number of hydrazine groups is 1. The molecule has 1 unspecified atom stereocenters. The highest BCUT2D eigenvalue weighted by molar-refractivity contribution is 5.93. The summed E-state index contributed by atoms with van der Waals surface area (Å²) in [5.41, 5.74) is 5.05. The van der Waals surface area contributed by atoms with Crippen molar-refractivity contribution in [1.29, 1.82) is 0 Å². The first-order valence-corrected chi connectivity index (χ1v) is 9.24. The molecule has 1 fully saturated rings. The van der Waals surface area contributed by atoms with Crippen LogP contribution in [0.2, 0.25) is 0 Å². The van der Waals surface area contributed by atoms with Gasteiger partial charge in [-0.25, -0.2) is 5.01 Å². The SMILES string of the molecule is C=C1CC(C)(c2ccc(Oc3ccccc3)cc2)C(=O)N1Nc1ccccc1. The van der Waals surface area contributed by atoms with Crippen molar-refractivity contribution in [2.45, 2.75) is 18.8 Å². The molecule has 4 rings (SSSR count). The maximum atomic E-state index is 13.2. The number of nitrogens with one attached hydrogen (secondary N) is 1. The fraction of sp³-hybridized carbons (Fsp3) is 0.125. The molecule has 1 saturated heterocycles. The number of ether oxygens (including phenoxy) is 1. The van der Waals surface area contributed by atoms with Gasteiger partial charge in [-0.2, -0.15) is 0 Å². The Kier molecular flexibility index (Phi) is 4.62. The summed E-state index contributed by atoms with van der Waals surface area (Å²) in [5.74, 6) is 1.50. The Balaban J connectivity index is 1.53. The Bertz CT molecular complexity index is 984. The summed E-state index contributed by atoms with van der Waals surface area (Å²) in [4.78, 5) is 13.2. The highest BCUT2D eigenvalue weighted by atomic mass is 16.5. The fourth-order valence-electron chi connectivity index (χ4n) is 3.47. The number of carbonyl (C=O) groups is 1. The van der Waals surface area contributed by atoms with Crippen LogP contribution in [0.5, 0.6) is 11.5 Å². The number of benzene rings is 3. The van der Waals surface area contributed by atoms with Gasteiger partial charge in [0.25, 0.3) is 5.91 Å². The third-order valence-corrected chi connectivity index (χ3v) is 5.03. The van der Waals surface area contributed by atoms with Crippen molar-refractivity contribution in [3.05, 3.63) is 103 Å². The highest BCUT2D eigenvalue weighted by Gasteiger charge is 2.46. The Labute approximate surface area is 165 Å². The number of carbonyl (C=O) groups excluding carboxylic acids is 1. The molecule has 1 N–H and O–H groups in total. The normalized spacial score (nSPS) is 19.0. The summed E-state index contributed by atoms with van der Waals surface area (Å²) in [6, 6.07) is 27.0. The Morgan fingerprint density at radius 2 is 1.46 bits per heavy atom. The first-order valence-electron chi connectivity index (χ1n) is 9.24. The third-order valence-electron chi connectivity index (χ3n) is 5.03. The highest BCUT2D eigenvalue weighted by Crippen LogP contribution is 2.41. The Morgan fingerprint density at radius 3 is 2.11 bits per heavy atom. The second-order valence-corrected chi connectivity index (χ2v) is 7.13. The van der Waals surface area contributed by atoms with Crippen LogP contribution in [0.25, 0.3) is 0 Å². The molecule has 140 valence electrons. The van der Waals surface area contributed by atoms with Gasteiger partial charge in [0.05, 0.1) is 11.1 Å². The molecule has 3 aromatic carbocycles. The fourth-order valence-corrected chi connectivity index (χ4v) is 3.47. The van der Waals surface area contributed by atoms with Gasteiger partial charge in [0.15, 0.2) is 0 Å². The molecular formula is C24H22N2O2. The van der Waals surface area contributed by atoms with Crippen molar-refractivity contribution in [2.24, 2.45) is 0 Å². The molecule has 1 atom stereocenters. The summed E-state index contributed by atoms with van der Waals surface area (Å²) in [5, 5.41) is 1.56. The lowest BCUT2D eigenvalue weighted by atomic mass is 9.80. The molecule has 0 saturated carbocycles. The van der Waals surface area contributed by atoms with E-state index >= 15 is 0 Å². The van der Waals surface area contributed by atoms with E-state index in [2.05, 4.69) is 12.0 Å². The predicted molar refractivity (Wildman–Crippen MR) is 111 cm³/mol. The van der Waals surface area contributed by atoms with Crippen LogP contribution in [-0.4, -0.2) is 10.9 Å². The van der Waals surface area contributed by atoms with Crippen LogP contribution in [-0.2, 0) is 10.2 Å². The van der Waals surface area contributed by atoms with Gasteiger partial charge in [-0.1, -0.05) is 55.1 Å². The van der Waals surface area contributed by atoms with E-state index < -0.39 is 5.41 Å². The smallest absolute Gasteiger partial charge is 0.256 e. The number of hydrogen-bond donors (Lipinski definition) is 1. The van der Waals surface area contributed by atoms with Crippen molar-refractivity contribution in [1.82, 2.24) is 5.01 Å². The van der Waals surface area contributed by atoms with Gasteiger partial charge in [0.1, 0.15) is 11.5 Å². The van der Waals surface area contributed by atoms with Crippen LogP contribution in [0.4, 0.5) is 5.69 Å². The number of amides is 1. The summed E-state index contributed by atoms with van der Waals surface area (Å²) >= 11 is 0. The second-order valence-electron chi connectivity index (χ2n) is 7.13. The third kappa shape index (κ3) is 3.37. The van der Waals surface area contributed by atoms with E-state index in [0.29, 0.717) is 6.42 Å². The Hall–Kier alpha value is -3.53. The molecule has 1 aliphatic heterocycles. The van der Waals surface area contributed by atoms with E-state index in [1.54, 1.807) is 5.01 Å². The molecule has 0 aromatic heterocycles. The summed E-state index contributed by atoms with van der Waals surface area (Å²) < 4.78 is 5.85. The molecule has 0 radical (unpaired) electrons. The van der Waals surface area contributed by atoms with Gasteiger partial charge in [-0.15, -0.1) is 0 Å². The molecule has 4 heteroatoms. The zero-order valence-electron chi connectivity index (χ0n) is 15.8. The predicted octanol–water partition coefficient (Wildman–Crippen LogP) is 5.51. The van der Waals surface area contributed by atoms with Gasteiger partial charge in [-0.05, 0) is 48.9 Å². The minimum Gasteiger partial charge on any atom is -0.457 e. The quantitative estimate of drug-likeness (QED) is 0.644. The number of para-hydroxylation sites is 2. The average Bonchev–Trinajstić information content (AvgIpc) is 2.94. The van der Waals surface area contributed by atoms with Crippen molar-refractivity contribution in [3.63, 3.8) is 0 Å². The maximum Gasteiger partial charge on any atom is 0.256 e. The van der Waals surface area contributed by atoms with Gasteiger partial charge >= 0.3 is 0 Å². The van der Waals surface area contributed by atoms with Crippen molar-refractivity contribution in [2.75, 3.05) is 5.43 Å². The lowest BCUT2D eigenvalue weighted by Gasteiger charge is -2.24. The largest absolute Gasteiger partial charge is 0.457 e. The number of allylic oxidation sites excluding steroid dienone is 1. The van der Waals surface area contributed by atoms with E-state index in [-0.39, 0.29) is 5.91 Å². The van der Waals surface area contributed by atoms with Crippen molar-refractivity contribution >= 4 is 11.6 Å². The second kappa shape index (κ2) is 7.24. The molecule has 0 spiro atoms. The molecule has 0 bridgehead atoms. The van der Waals surface area contributed by atoms with Gasteiger partial charge in [0.2, 0.25) is 0 Å². The molecular weight excluding hydrogens is 348 g/mol. The summed E-state index contributed by atoms with van der Waals surface area (Å²) in [7, 11) is 0. The van der Waals surface area contributed by atoms with Crippen LogP contribution in [0, 0.1) is 0 Å². The van der Waals surface area contributed by atoms with Gasteiger partial charge in [-0.3, -0.25) is 10.2 Å². The molecule has 0 aliphatic carbocycles. The first kappa shape index (κ1) is 17.9. The average molecular weight is 370 g/mol. The van der Waals surface area contributed by atoms with Crippen LogP contribution in [0.3, 0.4) is 0 Å². The summed E-state index contributed by atoms with van der Waals surface area (Å²) in [6.07, 6.45) is 0.560. The number of rotatable bonds is 5. The van der Waals surface area contributed by atoms with E-state index in [4.69, 9.17) is 4.74 Å². The molecule has 3 aromatic rings. The zero-order valence-corrected chi connectivity index (χ0v) is 15.8. The topological polar surface area (TPSA) is 41.6 Å². The molecule has 1 aliphatic rings. The lowest BCUT2D eigenvalue weighted by Crippen LogP contribution is -2.38. The zero-order chi connectivity index (χ0) is 19.6. The van der Waals surface area contributed by atoms with Crippen LogP contribution >= 0.6 is 0 Å². The van der Waals surface area contributed by atoms with E-state index in [0.717, 1.165) is 28.4 Å². The van der Waals surface area contributed by atoms with E-state index in [9.17, 15) is 4.79 Å². The van der Waals surface area contributed by atoms with Crippen LogP contribution in [0.15, 0.2) is 97.2 Å². The van der Waals surface area contributed by atoms with Crippen molar-refractivity contribution in [3.8, 4) is 11.5 Å². The Morgan fingerprint density at radius 1 is 0.893 bits per heavy atom. The van der Waals surface area contributed by atoms with Crippen LogP contribution in [0.1, 0.15) is 18.9 Å². The maximum absolute atomic E-state index is 13.2. The molecule has 28 heavy (non-hydrogen) atoms. The summed E-state index contributed by atoms with van der Waals surface area (Å²) in [6.45, 7) is 6.05. The minimum atomic E-state index is -0.663. The van der Waals surface area contributed by atoms with E-state index in [1.807, 2.05) is 91.9 Å². The number of hydrogen-bond acceptors (Lipinski definition) is 3. The molecule has 1 amide bonds. The van der Waals surface area contributed by atoms with Crippen molar-refractivity contribution < 1.29 is 9.53 Å². The minimum absolute atomic E-state index is 0.0157. The number of nitrogens with zero attached hydrogens (tertiary/aromatic N) is 1.